The first-order valence-electron chi connectivity index (χ1n) is 8.89. The van der Waals surface area contributed by atoms with Crippen LogP contribution in [0.25, 0.3) is 21.7 Å². The molecule has 1 N–H and O–H groups in total. The highest BCUT2D eigenvalue weighted by Crippen LogP contribution is 2.38. The second kappa shape index (κ2) is 6.89. The van der Waals surface area contributed by atoms with Crippen LogP contribution >= 0.6 is 23.1 Å². The van der Waals surface area contributed by atoms with Gasteiger partial charge in [0.05, 0.1) is 10.6 Å². The number of H-pyrrole nitrogens is 1. The molecule has 0 bridgehead atoms. The standard InChI is InChI=1S/C19H16N4O4S2/c1-8-9(2)28-18-14(8)16(24)20-15(21-18)10(3)29-19-23-22-17(27-19)11-4-5-12-13(6-11)26-7-25-12/h4-6,10H,7H2,1-3H3,(H,20,21,24)/t10-/m1/s1. The van der Waals surface area contributed by atoms with Crippen molar-refractivity contribution in [3.63, 3.8) is 0 Å². The molecule has 148 valence electrons. The Kier molecular flexibility index (Phi) is 4.32. The van der Waals surface area contributed by atoms with Crippen LogP contribution in [0, 0.1) is 13.8 Å². The third kappa shape index (κ3) is 3.18. The van der Waals surface area contributed by atoms with E-state index in [9.17, 15) is 4.79 Å². The first-order chi connectivity index (χ1) is 14.0. The lowest BCUT2D eigenvalue weighted by molar-refractivity contribution is 0.174. The number of fused-ring (bicyclic) bond motifs is 2. The lowest BCUT2D eigenvalue weighted by Crippen LogP contribution is -2.12. The van der Waals surface area contributed by atoms with E-state index in [4.69, 9.17) is 13.9 Å². The molecule has 1 aliphatic rings. The van der Waals surface area contributed by atoms with E-state index in [0.717, 1.165) is 20.8 Å². The normalized spacial score (nSPS) is 13.9. The predicted molar refractivity (Wildman–Crippen MR) is 110 cm³/mol. The number of thioether (sulfide) groups is 1. The zero-order chi connectivity index (χ0) is 20.1. The van der Waals surface area contributed by atoms with E-state index >= 15 is 0 Å². The molecule has 1 atom stereocenters. The Morgan fingerprint density at radius 3 is 2.90 bits per heavy atom. The van der Waals surface area contributed by atoms with Gasteiger partial charge in [0.15, 0.2) is 11.5 Å². The fourth-order valence-electron chi connectivity index (χ4n) is 3.07. The van der Waals surface area contributed by atoms with E-state index < -0.39 is 0 Å². The molecule has 0 amide bonds. The van der Waals surface area contributed by atoms with E-state index in [-0.39, 0.29) is 17.6 Å². The number of aryl methyl sites for hydroxylation is 2. The summed E-state index contributed by atoms with van der Waals surface area (Å²) in [6, 6.07) is 5.46. The zero-order valence-electron chi connectivity index (χ0n) is 15.8. The molecule has 0 radical (unpaired) electrons. The first-order valence-corrected chi connectivity index (χ1v) is 10.6. The molecule has 0 saturated carbocycles. The molecular formula is C19H16N4O4S2. The Labute approximate surface area is 173 Å². The molecule has 1 aromatic carbocycles. The van der Waals surface area contributed by atoms with Gasteiger partial charge in [-0.15, -0.1) is 21.5 Å². The summed E-state index contributed by atoms with van der Waals surface area (Å²) in [4.78, 5) is 21.9. The largest absolute Gasteiger partial charge is 0.454 e. The van der Waals surface area contributed by atoms with Crippen molar-refractivity contribution >= 4 is 33.3 Å². The summed E-state index contributed by atoms with van der Waals surface area (Å²) in [5.74, 6) is 2.32. The molecule has 0 unspecified atom stereocenters. The van der Waals surface area contributed by atoms with E-state index in [1.165, 1.54) is 23.1 Å². The van der Waals surface area contributed by atoms with Crippen molar-refractivity contribution < 1.29 is 13.9 Å². The number of nitrogens with zero attached hydrogens (tertiary/aromatic N) is 3. The first kappa shape index (κ1) is 18.2. The van der Waals surface area contributed by atoms with Crippen LogP contribution in [-0.4, -0.2) is 27.0 Å². The topological polar surface area (TPSA) is 103 Å². The Morgan fingerprint density at radius 2 is 2.03 bits per heavy atom. The van der Waals surface area contributed by atoms with E-state index in [1.54, 1.807) is 0 Å². The molecule has 0 fully saturated rings. The zero-order valence-corrected chi connectivity index (χ0v) is 17.4. The number of aromatic amines is 1. The van der Waals surface area contributed by atoms with Crippen molar-refractivity contribution in [3.8, 4) is 23.0 Å². The van der Waals surface area contributed by atoms with E-state index in [1.807, 2.05) is 39.0 Å². The monoisotopic (exact) mass is 428 g/mol. The van der Waals surface area contributed by atoms with Gasteiger partial charge in [-0.1, -0.05) is 11.8 Å². The molecule has 8 nitrogen and oxygen atoms in total. The number of benzene rings is 1. The van der Waals surface area contributed by atoms with Gasteiger partial charge < -0.3 is 18.9 Å². The minimum absolute atomic E-state index is 0.120. The molecule has 0 spiro atoms. The van der Waals surface area contributed by atoms with Gasteiger partial charge in [0.2, 0.25) is 12.7 Å². The SMILES string of the molecule is Cc1sc2nc([C@@H](C)Sc3nnc(-c4ccc5c(c4)OCO5)o3)[nH]c(=O)c2c1C. The third-order valence-electron chi connectivity index (χ3n) is 4.75. The highest BCUT2D eigenvalue weighted by molar-refractivity contribution is 7.99. The molecule has 1 aliphatic heterocycles. The number of ether oxygens (including phenoxy) is 2. The fourth-order valence-corrected chi connectivity index (χ4v) is 4.85. The minimum atomic E-state index is -0.167. The van der Waals surface area contributed by atoms with Gasteiger partial charge in [0.25, 0.3) is 10.8 Å². The summed E-state index contributed by atoms with van der Waals surface area (Å²) >= 11 is 2.87. The summed E-state index contributed by atoms with van der Waals surface area (Å²) < 4.78 is 16.5. The highest BCUT2D eigenvalue weighted by Gasteiger charge is 2.20. The molecule has 4 heterocycles. The summed E-state index contributed by atoms with van der Waals surface area (Å²) in [6.07, 6.45) is 0. The number of thiophene rings is 1. The number of aromatic nitrogens is 4. The van der Waals surface area contributed by atoms with E-state index in [0.29, 0.717) is 33.8 Å². The Morgan fingerprint density at radius 1 is 1.21 bits per heavy atom. The van der Waals surface area contributed by atoms with Gasteiger partial charge in [-0.25, -0.2) is 4.98 Å². The molecular weight excluding hydrogens is 412 g/mol. The number of hydrogen-bond acceptors (Lipinski definition) is 9. The van der Waals surface area contributed by atoms with Crippen LogP contribution in [0.2, 0.25) is 0 Å². The fraction of sp³-hybridized carbons (Fsp3) is 0.263. The maximum atomic E-state index is 12.5. The smallest absolute Gasteiger partial charge is 0.277 e. The van der Waals surface area contributed by atoms with Gasteiger partial charge in [0, 0.05) is 10.4 Å². The van der Waals surface area contributed by atoms with Crippen molar-refractivity contribution in [2.45, 2.75) is 31.2 Å². The van der Waals surface area contributed by atoms with Crippen LogP contribution in [-0.2, 0) is 0 Å². The van der Waals surface area contributed by atoms with Crippen molar-refractivity contribution in [2.24, 2.45) is 0 Å². The lowest BCUT2D eigenvalue weighted by Gasteiger charge is -2.07. The van der Waals surface area contributed by atoms with Crippen LogP contribution in [0.15, 0.2) is 32.6 Å². The van der Waals surface area contributed by atoms with Crippen molar-refractivity contribution in [2.75, 3.05) is 6.79 Å². The Balaban J connectivity index is 1.40. The molecule has 0 aliphatic carbocycles. The van der Waals surface area contributed by atoms with Gasteiger partial charge >= 0.3 is 0 Å². The Hall–Kier alpha value is -2.85. The van der Waals surface area contributed by atoms with Gasteiger partial charge in [-0.2, -0.15) is 0 Å². The van der Waals surface area contributed by atoms with Gasteiger partial charge in [-0.05, 0) is 44.5 Å². The third-order valence-corrected chi connectivity index (χ3v) is 6.79. The molecule has 3 aromatic heterocycles. The quantitative estimate of drug-likeness (QED) is 0.482. The number of nitrogens with one attached hydrogen (secondary N) is 1. The van der Waals surface area contributed by atoms with Gasteiger partial charge in [-0.3, -0.25) is 4.79 Å². The molecule has 5 rings (SSSR count). The lowest BCUT2D eigenvalue weighted by atomic mass is 10.2. The van der Waals surface area contributed by atoms with Crippen LogP contribution in [0.1, 0.15) is 28.4 Å². The number of rotatable bonds is 4. The van der Waals surface area contributed by atoms with Crippen molar-refractivity contribution in [3.05, 3.63) is 44.8 Å². The number of hydrogen-bond donors (Lipinski definition) is 1. The summed E-state index contributed by atoms with van der Waals surface area (Å²) in [7, 11) is 0. The summed E-state index contributed by atoms with van der Waals surface area (Å²) in [5, 5.41) is 9.12. The predicted octanol–water partition coefficient (Wildman–Crippen LogP) is 4.23. The molecule has 29 heavy (non-hydrogen) atoms. The van der Waals surface area contributed by atoms with Crippen LogP contribution in [0.5, 0.6) is 11.5 Å². The molecule has 10 heteroatoms. The van der Waals surface area contributed by atoms with Crippen molar-refractivity contribution in [1.82, 2.24) is 20.2 Å². The van der Waals surface area contributed by atoms with Crippen LogP contribution < -0.4 is 15.0 Å². The average molecular weight is 428 g/mol. The summed E-state index contributed by atoms with van der Waals surface area (Å²) in [5.41, 5.74) is 1.61. The van der Waals surface area contributed by atoms with Gasteiger partial charge in [0.1, 0.15) is 10.7 Å². The second-order valence-electron chi connectivity index (χ2n) is 6.62. The van der Waals surface area contributed by atoms with Crippen LogP contribution in [0.3, 0.4) is 0 Å². The van der Waals surface area contributed by atoms with E-state index in [2.05, 4.69) is 20.2 Å². The maximum absolute atomic E-state index is 12.5. The minimum Gasteiger partial charge on any atom is -0.454 e. The molecule has 0 saturated heterocycles. The average Bonchev–Trinajstić information content (AvgIpc) is 3.41. The molecule has 4 aromatic rings. The Bertz CT molecular complexity index is 1290. The maximum Gasteiger partial charge on any atom is 0.277 e. The highest BCUT2D eigenvalue weighted by atomic mass is 32.2. The van der Waals surface area contributed by atoms with Crippen molar-refractivity contribution in [1.29, 1.82) is 0 Å². The second-order valence-corrected chi connectivity index (χ2v) is 9.11. The van der Waals surface area contributed by atoms with Crippen LogP contribution in [0.4, 0.5) is 0 Å². The summed E-state index contributed by atoms with van der Waals surface area (Å²) in [6.45, 7) is 6.08.